The largest absolute Gasteiger partial charge is 0.377 e. The molecule has 1 aromatic carbocycles. The molecule has 0 aliphatic carbocycles. The van der Waals surface area contributed by atoms with Crippen molar-refractivity contribution in [1.82, 2.24) is 9.97 Å². The lowest BCUT2D eigenvalue weighted by molar-refractivity contribution is 0.115. The molecular formula is C17H22N2O3. The summed E-state index contributed by atoms with van der Waals surface area (Å²) in [5.74, 6) is 0. The molecule has 1 aromatic heterocycles. The molecule has 5 nitrogen and oxygen atoms in total. The molecule has 0 spiro atoms. The molecule has 0 unspecified atom stereocenters. The quantitative estimate of drug-likeness (QED) is 0.698. The predicted octanol–water partition coefficient (Wildman–Crippen LogP) is 2.38. The first-order chi connectivity index (χ1) is 10.8. The molecule has 0 saturated carbocycles. The first-order valence-electron chi connectivity index (χ1n) is 7.68. The number of aromatic nitrogens is 2. The molecule has 0 radical (unpaired) electrons. The zero-order chi connectivity index (χ0) is 15.6. The smallest absolute Gasteiger partial charge is 0.325 e. The number of hydrogen-bond acceptors (Lipinski definition) is 3. The van der Waals surface area contributed by atoms with Crippen molar-refractivity contribution in [3.8, 4) is 0 Å². The highest BCUT2D eigenvalue weighted by atomic mass is 16.5. The Morgan fingerprint density at radius 2 is 1.73 bits per heavy atom. The lowest BCUT2D eigenvalue weighted by Gasteiger charge is -2.04. The van der Waals surface area contributed by atoms with Gasteiger partial charge in [0.2, 0.25) is 0 Å². The molecule has 0 aliphatic heterocycles. The van der Waals surface area contributed by atoms with Gasteiger partial charge in [-0.25, -0.2) is 4.79 Å². The molecule has 0 fully saturated rings. The minimum atomic E-state index is -0.493. The first kappa shape index (κ1) is 16.2. The molecule has 0 saturated heterocycles. The second-order valence-electron chi connectivity index (χ2n) is 5.30. The number of unbranched alkanes of at least 4 members (excludes halogenated alkanes) is 3. The fraction of sp³-hybridized carbons (Fsp3) is 0.412. The third kappa shape index (κ3) is 5.69. The zero-order valence-corrected chi connectivity index (χ0v) is 12.6. The fourth-order valence-electron chi connectivity index (χ4n) is 2.26. The summed E-state index contributed by atoms with van der Waals surface area (Å²) in [6.07, 6.45) is 6.99. The van der Waals surface area contributed by atoms with Gasteiger partial charge in [-0.05, 0) is 24.8 Å². The Labute approximate surface area is 129 Å². The number of hydrogen-bond donors (Lipinski definition) is 2. The average Bonchev–Trinajstić information content (AvgIpc) is 2.52. The van der Waals surface area contributed by atoms with Crippen molar-refractivity contribution in [3.63, 3.8) is 0 Å². The van der Waals surface area contributed by atoms with Gasteiger partial charge >= 0.3 is 5.69 Å². The number of aromatic amines is 2. The molecule has 0 amide bonds. The van der Waals surface area contributed by atoms with Crippen LogP contribution in [0.2, 0.25) is 0 Å². The van der Waals surface area contributed by atoms with Gasteiger partial charge in [0.25, 0.3) is 5.56 Å². The SMILES string of the molecule is O=c1[nH]cc(COCCCCCCc2ccccc2)c(=O)[nH]1. The second kappa shape index (κ2) is 9.00. The highest BCUT2D eigenvalue weighted by Gasteiger charge is 2.00. The minimum Gasteiger partial charge on any atom is -0.377 e. The number of ether oxygens (including phenoxy) is 1. The van der Waals surface area contributed by atoms with E-state index in [9.17, 15) is 9.59 Å². The van der Waals surface area contributed by atoms with E-state index >= 15 is 0 Å². The Hall–Kier alpha value is -2.14. The van der Waals surface area contributed by atoms with Crippen LogP contribution in [0.15, 0.2) is 46.1 Å². The van der Waals surface area contributed by atoms with Gasteiger partial charge in [-0.1, -0.05) is 43.2 Å². The monoisotopic (exact) mass is 302 g/mol. The van der Waals surface area contributed by atoms with E-state index in [0.717, 1.165) is 19.3 Å². The highest BCUT2D eigenvalue weighted by Crippen LogP contribution is 2.07. The molecule has 0 atom stereocenters. The Bertz CT molecular complexity index is 661. The van der Waals surface area contributed by atoms with Crippen molar-refractivity contribution in [2.45, 2.75) is 38.7 Å². The molecule has 118 valence electrons. The lowest BCUT2D eigenvalue weighted by atomic mass is 10.1. The van der Waals surface area contributed by atoms with E-state index in [4.69, 9.17) is 4.74 Å². The van der Waals surface area contributed by atoms with Gasteiger partial charge < -0.3 is 9.72 Å². The van der Waals surface area contributed by atoms with Gasteiger partial charge in [-0.15, -0.1) is 0 Å². The maximum atomic E-state index is 11.4. The molecule has 0 aliphatic rings. The maximum absolute atomic E-state index is 11.4. The van der Waals surface area contributed by atoms with Crippen LogP contribution in [-0.4, -0.2) is 16.6 Å². The van der Waals surface area contributed by atoms with Crippen LogP contribution in [0, 0.1) is 0 Å². The number of aryl methyl sites for hydroxylation is 1. The molecule has 22 heavy (non-hydrogen) atoms. The van der Waals surface area contributed by atoms with Gasteiger partial charge in [0, 0.05) is 12.8 Å². The Kier molecular flexibility index (Phi) is 6.64. The van der Waals surface area contributed by atoms with Crippen LogP contribution in [0.3, 0.4) is 0 Å². The standard InChI is InChI=1S/C17H22N2O3/c20-16-15(12-18-17(21)19-16)13-22-11-7-2-1-4-8-14-9-5-3-6-10-14/h3,5-6,9-10,12H,1-2,4,7-8,11,13H2,(H2,18,19,20,21). The van der Waals surface area contributed by atoms with Gasteiger partial charge in [0.05, 0.1) is 12.2 Å². The fourth-order valence-corrected chi connectivity index (χ4v) is 2.26. The van der Waals surface area contributed by atoms with Crippen LogP contribution >= 0.6 is 0 Å². The summed E-state index contributed by atoms with van der Waals surface area (Å²) in [7, 11) is 0. The third-order valence-electron chi connectivity index (χ3n) is 3.50. The third-order valence-corrected chi connectivity index (χ3v) is 3.50. The molecular weight excluding hydrogens is 280 g/mol. The van der Waals surface area contributed by atoms with E-state index in [2.05, 4.69) is 34.2 Å². The lowest BCUT2D eigenvalue weighted by Crippen LogP contribution is -2.24. The van der Waals surface area contributed by atoms with Crippen LogP contribution in [0.25, 0.3) is 0 Å². The molecule has 1 heterocycles. The summed E-state index contributed by atoms with van der Waals surface area (Å²) in [6, 6.07) is 10.5. The predicted molar refractivity (Wildman–Crippen MR) is 86.0 cm³/mol. The van der Waals surface area contributed by atoms with Gasteiger partial charge in [0.1, 0.15) is 0 Å². The van der Waals surface area contributed by atoms with Crippen molar-refractivity contribution in [2.75, 3.05) is 6.61 Å². The van der Waals surface area contributed by atoms with E-state index < -0.39 is 5.69 Å². The summed E-state index contributed by atoms with van der Waals surface area (Å²) < 4.78 is 5.46. The zero-order valence-electron chi connectivity index (χ0n) is 12.6. The Balaban J connectivity index is 1.52. The average molecular weight is 302 g/mol. The Morgan fingerprint density at radius 3 is 2.50 bits per heavy atom. The van der Waals surface area contributed by atoms with E-state index in [1.807, 2.05) is 6.07 Å². The number of rotatable bonds is 9. The van der Waals surface area contributed by atoms with Crippen LogP contribution in [0.4, 0.5) is 0 Å². The summed E-state index contributed by atoms with van der Waals surface area (Å²) in [5, 5.41) is 0. The topological polar surface area (TPSA) is 75.0 Å². The molecule has 2 N–H and O–H groups in total. The van der Waals surface area contributed by atoms with Gasteiger partial charge in [-0.2, -0.15) is 0 Å². The summed E-state index contributed by atoms with van der Waals surface area (Å²) in [5.41, 5.74) is 0.957. The summed E-state index contributed by atoms with van der Waals surface area (Å²) in [6.45, 7) is 0.861. The molecule has 2 rings (SSSR count). The van der Waals surface area contributed by atoms with Crippen LogP contribution in [0.5, 0.6) is 0 Å². The summed E-state index contributed by atoms with van der Waals surface area (Å²) >= 11 is 0. The van der Waals surface area contributed by atoms with Crippen LogP contribution in [0.1, 0.15) is 36.8 Å². The number of H-pyrrole nitrogens is 2. The summed E-state index contributed by atoms with van der Waals surface area (Å²) in [4.78, 5) is 26.9. The van der Waals surface area contributed by atoms with E-state index in [1.165, 1.54) is 24.6 Å². The van der Waals surface area contributed by atoms with Crippen LogP contribution < -0.4 is 11.2 Å². The number of benzene rings is 1. The molecule has 5 heteroatoms. The highest BCUT2D eigenvalue weighted by molar-refractivity contribution is 5.14. The minimum absolute atomic E-state index is 0.232. The van der Waals surface area contributed by atoms with E-state index in [1.54, 1.807) is 0 Å². The second-order valence-corrected chi connectivity index (χ2v) is 5.30. The molecule has 2 aromatic rings. The van der Waals surface area contributed by atoms with Crippen molar-refractivity contribution in [1.29, 1.82) is 0 Å². The maximum Gasteiger partial charge on any atom is 0.325 e. The van der Waals surface area contributed by atoms with Gasteiger partial charge in [0.15, 0.2) is 0 Å². The van der Waals surface area contributed by atoms with Crippen molar-refractivity contribution < 1.29 is 4.74 Å². The first-order valence-corrected chi connectivity index (χ1v) is 7.68. The normalized spacial score (nSPS) is 10.7. The van der Waals surface area contributed by atoms with Gasteiger partial charge in [-0.3, -0.25) is 9.78 Å². The molecule has 0 bridgehead atoms. The van der Waals surface area contributed by atoms with Crippen molar-refractivity contribution in [2.24, 2.45) is 0 Å². The van der Waals surface area contributed by atoms with E-state index in [-0.39, 0.29) is 12.2 Å². The van der Waals surface area contributed by atoms with E-state index in [0.29, 0.717) is 12.2 Å². The number of nitrogens with one attached hydrogen (secondary N) is 2. The Morgan fingerprint density at radius 1 is 0.955 bits per heavy atom. The van der Waals surface area contributed by atoms with Crippen LogP contribution in [-0.2, 0) is 17.8 Å². The van der Waals surface area contributed by atoms with Crippen molar-refractivity contribution >= 4 is 0 Å². The van der Waals surface area contributed by atoms with Crippen molar-refractivity contribution in [3.05, 3.63) is 68.5 Å².